The lowest BCUT2D eigenvalue weighted by Crippen LogP contribution is -2.22. The van der Waals surface area contributed by atoms with Crippen LogP contribution in [0.5, 0.6) is 0 Å². The van der Waals surface area contributed by atoms with E-state index >= 15 is 0 Å². The first-order chi connectivity index (χ1) is 10.1. The molecule has 21 heavy (non-hydrogen) atoms. The van der Waals surface area contributed by atoms with E-state index in [1.807, 2.05) is 6.92 Å². The normalized spacial score (nSPS) is 10.8. The van der Waals surface area contributed by atoms with Gasteiger partial charge in [0.05, 0.1) is 0 Å². The van der Waals surface area contributed by atoms with Crippen molar-refractivity contribution in [2.24, 2.45) is 0 Å². The highest BCUT2D eigenvalue weighted by molar-refractivity contribution is 5.94. The second kappa shape index (κ2) is 5.32. The summed E-state index contributed by atoms with van der Waals surface area (Å²) in [5.74, 6) is 0.267. The number of hydrogen-bond donors (Lipinski definition) is 1. The van der Waals surface area contributed by atoms with Crippen molar-refractivity contribution in [2.45, 2.75) is 13.5 Å². The molecule has 106 valence electrons. The van der Waals surface area contributed by atoms with E-state index in [9.17, 15) is 9.18 Å². The third-order valence-corrected chi connectivity index (χ3v) is 3.21. The SMILES string of the molecule is Cc1nnc2cc(C(=O)NCc3ccc(F)cc3)ccn12. The van der Waals surface area contributed by atoms with Crippen molar-refractivity contribution in [3.8, 4) is 0 Å². The predicted octanol–water partition coefficient (Wildman–Crippen LogP) is 2.11. The summed E-state index contributed by atoms with van der Waals surface area (Å²) in [6.45, 7) is 2.18. The molecule has 2 aromatic heterocycles. The number of rotatable bonds is 3. The van der Waals surface area contributed by atoms with Gasteiger partial charge in [0.1, 0.15) is 11.6 Å². The van der Waals surface area contributed by atoms with E-state index in [1.165, 1.54) is 12.1 Å². The summed E-state index contributed by atoms with van der Waals surface area (Å²) in [5.41, 5.74) is 1.98. The van der Waals surface area contributed by atoms with Gasteiger partial charge >= 0.3 is 0 Å². The fraction of sp³-hybridized carbons (Fsp3) is 0.133. The van der Waals surface area contributed by atoms with Crippen LogP contribution in [0.4, 0.5) is 4.39 Å². The Morgan fingerprint density at radius 1 is 1.24 bits per heavy atom. The van der Waals surface area contributed by atoms with E-state index in [1.54, 1.807) is 34.9 Å². The van der Waals surface area contributed by atoms with Crippen LogP contribution in [0.25, 0.3) is 5.65 Å². The lowest BCUT2D eigenvalue weighted by atomic mass is 10.2. The maximum atomic E-state index is 12.8. The van der Waals surface area contributed by atoms with Gasteiger partial charge in [0, 0.05) is 18.3 Å². The molecule has 0 spiro atoms. The highest BCUT2D eigenvalue weighted by atomic mass is 19.1. The predicted molar refractivity (Wildman–Crippen MR) is 75.3 cm³/mol. The molecule has 1 N–H and O–H groups in total. The number of amides is 1. The van der Waals surface area contributed by atoms with Gasteiger partial charge in [-0.25, -0.2) is 4.39 Å². The zero-order chi connectivity index (χ0) is 14.8. The molecule has 0 aliphatic heterocycles. The van der Waals surface area contributed by atoms with Crippen LogP contribution >= 0.6 is 0 Å². The number of aryl methyl sites for hydroxylation is 1. The molecule has 3 rings (SSSR count). The first-order valence-electron chi connectivity index (χ1n) is 6.47. The van der Waals surface area contributed by atoms with Crippen molar-refractivity contribution in [1.82, 2.24) is 19.9 Å². The van der Waals surface area contributed by atoms with Crippen LogP contribution in [-0.2, 0) is 6.54 Å². The second-order valence-corrected chi connectivity index (χ2v) is 4.70. The number of aromatic nitrogens is 3. The summed E-state index contributed by atoms with van der Waals surface area (Å²) in [5, 5.41) is 10.7. The van der Waals surface area contributed by atoms with Gasteiger partial charge in [0.15, 0.2) is 5.65 Å². The van der Waals surface area contributed by atoms with E-state index in [2.05, 4.69) is 15.5 Å². The van der Waals surface area contributed by atoms with Crippen molar-refractivity contribution >= 4 is 11.6 Å². The first-order valence-corrected chi connectivity index (χ1v) is 6.47. The van der Waals surface area contributed by atoms with E-state index in [-0.39, 0.29) is 11.7 Å². The van der Waals surface area contributed by atoms with Crippen LogP contribution < -0.4 is 5.32 Å². The van der Waals surface area contributed by atoms with Crippen molar-refractivity contribution in [2.75, 3.05) is 0 Å². The number of carbonyl (C=O) groups excluding carboxylic acids is 1. The number of nitrogens with one attached hydrogen (secondary N) is 1. The Balaban J connectivity index is 1.73. The van der Waals surface area contributed by atoms with Crippen molar-refractivity contribution < 1.29 is 9.18 Å². The Morgan fingerprint density at radius 2 is 2.00 bits per heavy atom. The molecule has 3 aromatic rings. The Labute approximate surface area is 120 Å². The van der Waals surface area contributed by atoms with Gasteiger partial charge in [0.25, 0.3) is 5.91 Å². The van der Waals surface area contributed by atoms with E-state index in [0.717, 1.165) is 11.4 Å². The van der Waals surface area contributed by atoms with Gasteiger partial charge in [0.2, 0.25) is 0 Å². The fourth-order valence-electron chi connectivity index (χ4n) is 2.04. The van der Waals surface area contributed by atoms with Gasteiger partial charge in [-0.05, 0) is 36.8 Å². The number of nitrogens with zero attached hydrogens (tertiary/aromatic N) is 3. The molecular formula is C15H13FN4O. The standard InChI is InChI=1S/C15H13FN4O/c1-10-18-19-14-8-12(6-7-20(10)14)15(21)17-9-11-2-4-13(16)5-3-11/h2-8H,9H2,1H3,(H,17,21). The molecule has 0 bridgehead atoms. The molecule has 0 aliphatic rings. The largest absolute Gasteiger partial charge is 0.348 e. The first kappa shape index (κ1) is 13.2. The number of pyridine rings is 1. The van der Waals surface area contributed by atoms with Crippen molar-refractivity contribution in [3.63, 3.8) is 0 Å². The topological polar surface area (TPSA) is 59.3 Å². The molecule has 0 atom stereocenters. The molecule has 1 aromatic carbocycles. The van der Waals surface area contributed by atoms with E-state index in [0.29, 0.717) is 17.8 Å². The fourth-order valence-corrected chi connectivity index (χ4v) is 2.04. The molecule has 1 amide bonds. The molecule has 0 fully saturated rings. The number of halogens is 1. The molecule has 0 unspecified atom stereocenters. The zero-order valence-electron chi connectivity index (χ0n) is 11.4. The minimum Gasteiger partial charge on any atom is -0.348 e. The second-order valence-electron chi connectivity index (χ2n) is 4.70. The monoisotopic (exact) mass is 284 g/mol. The average Bonchev–Trinajstić information content (AvgIpc) is 2.87. The smallest absolute Gasteiger partial charge is 0.251 e. The van der Waals surface area contributed by atoms with Crippen molar-refractivity contribution in [1.29, 1.82) is 0 Å². The van der Waals surface area contributed by atoms with Gasteiger partial charge < -0.3 is 5.32 Å². The lowest BCUT2D eigenvalue weighted by Gasteiger charge is -2.06. The molecule has 0 aliphatic carbocycles. The van der Waals surface area contributed by atoms with E-state index in [4.69, 9.17) is 0 Å². The third kappa shape index (κ3) is 2.74. The highest BCUT2D eigenvalue weighted by Crippen LogP contribution is 2.08. The minimum atomic E-state index is -0.294. The summed E-state index contributed by atoms with van der Waals surface area (Å²) >= 11 is 0. The van der Waals surface area contributed by atoms with Gasteiger partial charge in [-0.15, -0.1) is 10.2 Å². The Bertz CT molecular complexity index is 795. The highest BCUT2D eigenvalue weighted by Gasteiger charge is 2.08. The molecule has 5 nitrogen and oxygen atoms in total. The summed E-state index contributed by atoms with van der Waals surface area (Å²) in [4.78, 5) is 12.1. The maximum absolute atomic E-state index is 12.8. The van der Waals surface area contributed by atoms with Crippen LogP contribution in [-0.4, -0.2) is 20.5 Å². The Kier molecular flexibility index (Phi) is 3.35. The van der Waals surface area contributed by atoms with Gasteiger partial charge in [-0.2, -0.15) is 0 Å². The van der Waals surface area contributed by atoms with Crippen molar-refractivity contribution in [3.05, 3.63) is 65.4 Å². The van der Waals surface area contributed by atoms with Gasteiger partial charge in [-0.3, -0.25) is 9.20 Å². The van der Waals surface area contributed by atoms with Crippen LogP contribution in [0.2, 0.25) is 0 Å². The quantitative estimate of drug-likeness (QED) is 0.801. The van der Waals surface area contributed by atoms with Crippen LogP contribution in [0.3, 0.4) is 0 Å². The minimum absolute atomic E-state index is 0.206. The van der Waals surface area contributed by atoms with Crippen LogP contribution in [0, 0.1) is 12.7 Å². The molecule has 0 radical (unpaired) electrons. The molecule has 2 heterocycles. The summed E-state index contributed by atoms with van der Waals surface area (Å²) in [6.07, 6.45) is 1.76. The average molecular weight is 284 g/mol. The molecule has 6 heteroatoms. The van der Waals surface area contributed by atoms with Crippen LogP contribution in [0.1, 0.15) is 21.7 Å². The molecular weight excluding hydrogens is 271 g/mol. The number of benzene rings is 1. The Morgan fingerprint density at radius 3 is 2.76 bits per heavy atom. The zero-order valence-corrected chi connectivity index (χ0v) is 11.4. The van der Waals surface area contributed by atoms with Gasteiger partial charge in [-0.1, -0.05) is 12.1 Å². The number of fused-ring (bicyclic) bond motifs is 1. The molecule has 0 saturated carbocycles. The third-order valence-electron chi connectivity index (χ3n) is 3.21. The van der Waals surface area contributed by atoms with Crippen LogP contribution in [0.15, 0.2) is 42.6 Å². The lowest BCUT2D eigenvalue weighted by molar-refractivity contribution is 0.0951. The summed E-state index contributed by atoms with van der Waals surface area (Å²) < 4.78 is 14.6. The molecule has 0 saturated heterocycles. The number of carbonyl (C=O) groups is 1. The van der Waals surface area contributed by atoms with E-state index < -0.39 is 0 Å². The Hall–Kier alpha value is -2.76. The maximum Gasteiger partial charge on any atom is 0.251 e. The summed E-state index contributed by atoms with van der Waals surface area (Å²) in [7, 11) is 0. The summed E-state index contributed by atoms with van der Waals surface area (Å²) in [6, 6.07) is 9.41. The number of hydrogen-bond acceptors (Lipinski definition) is 3.